The fourth-order valence-electron chi connectivity index (χ4n) is 2.25. The molecular formula is C17H15FN2OS. The first-order valence-corrected chi connectivity index (χ1v) is 7.85. The predicted octanol–water partition coefficient (Wildman–Crippen LogP) is 4.56. The van der Waals surface area contributed by atoms with Crippen LogP contribution in [0.3, 0.4) is 0 Å². The van der Waals surface area contributed by atoms with E-state index < -0.39 is 5.82 Å². The van der Waals surface area contributed by atoms with Crippen molar-refractivity contribution in [2.75, 3.05) is 5.32 Å². The molecule has 0 aliphatic carbocycles. The van der Waals surface area contributed by atoms with Gasteiger partial charge in [-0.05, 0) is 48.7 Å². The number of halogens is 1. The van der Waals surface area contributed by atoms with Gasteiger partial charge < -0.3 is 0 Å². The Labute approximate surface area is 131 Å². The lowest BCUT2D eigenvalue weighted by Crippen LogP contribution is -2.13. The van der Waals surface area contributed by atoms with E-state index in [0.717, 1.165) is 22.2 Å². The average Bonchev–Trinajstić information content (AvgIpc) is 2.90. The van der Waals surface area contributed by atoms with Crippen molar-refractivity contribution in [2.45, 2.75) is 20.3 Å². The normalized spacial score (nSPS) is 10.9. The molecule has 0 saturated carbocycles. The third-order valence-corrected chi connectivity index (χ3v) is 4.46. The standard InChI is InChI=1S/C17H15FN2OS/c1-3-11-5-7-14-15(8-11)22-17(19-14)20-16(21)13-9-12(18)6-4-10(13)2/h4-9H,3H2,1-2H3,(H,19,20,21). The summed E-state index contributed by atoms with van der Waals surface area (Å²) < 4.78 is 14.3. The Hall–Kier alpha value is -2.27. The van der Waals surface area contributed by atoms with Gasteiger partial charge in [-0.3, -0.25) is 10.1 Å². The zero-order chi connectivity index (χ0) is 15.7. The highest BCUT2D eigenvalue weighted by molar-refractivity contribution is 7.22. The summed E-state index contributed by atoms with van der Waals surface area (Å²) in [6.07, 6.45) is 0.956. The molecule has 2 aromatic carbocycles. The Morgan fingerprint density at radius 3 is 2.86 bits per heavy atom. The Kier molecular flexibility index (Phi) is 3.90. The number of rotatable bonds is 3. The maximum atomic E-state index is 13.3. The monoisotopic (exact) mass is 314 g/mol. The predicted molar refractivity (Wildman–Crippen MR) is 88.1 cm³/mol. The van der Waals surface area contributed by atoms with Crippen molar-refractivity contribution >= 4 is 32.6 Å². The first-order chi connectivity index (χ1) is 10.6. The van der Waals surface area contributed by atoms with E-state index in [-0.39, 0.29) is 5.91 Å². The molecule has 112 valence electrons. The number of carbonyl (C=O) groups excluding carboxylic acids is 1. The van der Waals surface area contributed by atoms with E-state index in [1.54, 1.807) is 13.0 Å². The maximum absolute atomic E-state index is 13.3. The lowest BCUT2D eigenvalue weighted by molar-refractivity contribution is 0.102. The summed E-state index contributed by atoms with van der Waals surface area (Å²) in [5.74, 6) is -0.764. The van der Waals surface area contributed by atoms with Crippen LogP contribution in [0.1, 0.15) is 28.4 Å². The van der Waals surface area contributed by atoms with Crippen LogP contribution in [-0.2, 0) is 6.42 Å². The van der Waals surface area contributed by atoms with Crippen LogP contribution in [0.5, 0.6) is 0 Å². The molecule has 0 aliphatic heterocycles. The van der Waals surface area contributed by atoms with Gasteiger partial charge in [0.2, 0.25) is 0 Å². The molecule has 3 rings (SSSR count). The number of carbonyl (C=O) groups is 1. The van der Waals surface area contributed by atoms with E-state index in [1.165, 1.54) is 29.0 Å². The minimum atomic E-state index is -0.423. The molecule has 1 N–H and O–H groups in total. The van der Waals surface area contributed by atoms with Crippen LogP contribution >= 0.6 is 11.3 Å². The number of thiazole rings is 1. The van der Waals surface area contributed by atoms with Crippen LogP contribution in [0.25, 0.3) is 10.2 Å². The second kappa shape index (κ2) is 5.85. The lowest BCUT2D eigenvalue weighted by Gasteiger charge is -2.05. The SMILES string of the molecule is CCc1ccc2nc(NC(=O)c3cc(F)ccc3C)sc2c1. The van der Waals surface area contributed by atoms with Gasteiger partial charge in [0.25, 0.3) is 5.91 Å². The Balaban J connectivity index is 1.89. The van der Waals surface area contributed by atoms with Crippen LogP contribution < -0.4 is 5.32 Å². The van der Waals surface area contributed by atoms with Gasteiger partial charge in [0, 0.05) is 5.56 Å². The largest absolute Gasteiger partial charge is 0.298 e. The van der Waals surface area contributed by atoms with Crippen LogP contribution in [0, 0.1) is 12.7 Å². The molecule has 1 amide bonds. The zero-order valence-electron chi connectivity index (χ0n) is 12.3. The van der Waals surface area contributed by atoms with Gasteiger partial charge in [-0.25, -0.2) is 9.37 Å². The van der Waals surface area contributed by atoms with Gasteiger partial charge >= 0.3 is 0 Å². The number of aromatic nitrogens is 1. The smallest absolute Gasteiger partial charge is 0.257 e. The number of nitrogens with one attached hydrogen (secondary N) is 1. The number of amides is 1. The molecule has 0 radical (unpaired) electrons. The summed E-state index contributed by atoms with van der Waals surface area (Å²) >= 11 is 1.42. The fourth-order valence-corrected chi connectivity index (χ4v) is 3.17. The third-order valence-electron chi connectivity index (χ3n) is 3.53. The van der Waals surface area contributed by atoms with Crippen molar-refractivity contribution in [2.24, 2.45) is 0 Å². The van der Waals surface area contributed by atoms with Crippen LogP contribution in [0.4, 0.5) is 9.52 Å². The van der Waals surface area contributed by atoms with E-state index in [0.29, 0.717) is 10.7 Å². The summed E-state index contributed by atoms with van der Waals surface area (Å²) in [5.41, 5.74) is 3.14. The number of hydrogen-bond donors (Lipinski definition) is 1. The zero-order valence-corrected chi connectivity index (χ0v) is 13.1. The van der Waals surface area contributed by atoms with Crippen molar-refractivity contribution < 1.29 is 9.18 Å². The van der Waals surface area contributed by atoms with E-state index >= 15 is 0 Å². The summed E-state index contributed by atoms with van der Waals surface area (Å²) in [5, 5.41) is 3.28. The van der Waals surface area contributed by atoms with Crippen molar-refractivity contribution in [1.82, 2.24) is 4.98 Å². The Morgan fingerprint density at radius 1 is 1.27 bits per heavy atom. The average molecular weight is 314 g/mol. The number of fused-ring (bicyclic) bond motifs is 1. The first-order valence-electron chi connectivity index (χ1n) is 7.04. The summed E-state index contributed by atoms with van der Waals surface area (Å²) in [7, 11) is 0. The minimum Gasteiger partial charge on any atom is -0.298 e. The molecule has 3 nitrogen and oxygen atoms in total. The molecule has 0 saturated heterocycles. The van der Waals surface area contributed by atoms with Crippen molar-refractivity contribution in [3.63, 3.8) is 0 Å². The number of nitrogens with zero attached hydrogens (tertiary/aromatic N) is 1. The highest BCUT2D eigenvalue weighted by Crippen LogP contribution is 2.27. The number of hydrogen-bond acceptors (Lipinski definition) is 3. The molecule has 0 aliphatic rings. The number of anilines is 1. The van der Waals surface area contributed by atoms with Crippen molar-refractivity contribution in [1.29, 1.82) is 0 Å². The maximum Gasteiger partial charge on any atom is 0.257 e. The van der Waals surface area contributed by atoms with Gasteiger partial charge in [-0.2, -0.15) is 0 Å². The van der Waals surface area contributed by atoms with Crippen LogP contribution in [0.2, 0.25) is 0 Å². The van der Waals surface area contributed by atoms with Gasteiger partial charge in [0.1, 0.15) is 5.82 Å². The fraction of sp³-hybridized carbons (Fsp3) is 0.176. The minimum absolute atomic E-state index is 0.327. The second-order valence-electron chi connectivity index (χ2n) is 5.09. The summed E-state index contributed by atoms with van der Waals surface area (Å²) in [6, 6.07) is 10.2. The van der Waals surface area contributed by atoms with Gasteiger partial charge in [-0.1, -0.05) is 30.4 Å². The Bertz CT molecular complexity index is 857. The van der Waals surface area contributed by atoms with Gasteiger partial charge in [-0.15, -0.1) is 0 Å². The third kappa shape index (κ3) is 2.85. The lowest BCUT2D eigenvalue weighted by atomic mass is 10.1. The van der Waals surface area contributed by atoms with E-state index in [4.69, 9.17) is 0 Å². The molecule has 0 fully saturated rings. The molecule has 1 aromatic heterocycles. The molecule has 0 unspecified atom stereocenters. The molecule has 0 bridgehead atoms. The van der Waals surface area contributed by atoms with E-state index in [2.05, 4.69) is 23.3 Å². The van der Waals surface area contributed by atoms with E-state index in [1.807, 2.05) is 12.1 Å². The molecule has 1 heterocycles. The summed E-state index contributed by atoms with van der Waals surface area (Å²) in [6.45, 7) is 3.87. The molecular weight excluding hydrogens is 299 g/mol. The molecule has 3 aromatic rings. The molecule has 22 heavy (non-hydrogen) atoms. The topological polar surface area (TPSA) is 42.0 Å². The second-order valence-corrected chi connectivity index (χ2v) is 6.12. The molecule has 0 atom stereocenters. The van der Waals surface area contributed by atoms with Crippen molar-refractivity contribution in [3.8, 4) is 0 Å². The van der Waals surface area contributed by atoms with Crippen LogP contribution in [0.15, 0.2) is 36.4 Å². The van der Waals surface area contributed by atoms with Gasteiger partial charge in [0.05, 0.1) is 10.2 Å². The van der Waals surface area contributed by atoms with Gasteiger partial charge in [0.15, 0.2) is 5.13 Å². The molecule has 5 heteroatoms. The summed E-state index contributed by atoms with van der Waals surface area (Å²) in [4.78, 5) is 16.7. The number of benzene rings is 2. The first kappa shape index (κ1) is 14.7. The molecule has 0 spiro atoms. The van der Waals surface area contributed by atoms with E-state index in [9.17, 15) is 9.18 Å². The Morgan fingerprint density at radius 2 is 2.09 bits per heavy atom. The van der Waals surface area contributed by atoms with Crippen molar-refractivity contribution in [3.05, 3.63) is 58.9 Å². The number of aryl methyl sites for hydroxylation is 2. The quantitative estimate of drug-likeness (QED) is 0.770. The highest BCUT2D eigenvalue weighted by Gasteiger charge is 2.13. The van der Waals surface area contributed by atoms with Crippen LogP contribution in [-0.4, -0.2) is 10.9 Å². The highest BCUT2D eigenvalue weighted by atomic mass is 32.1.